The lowest BCUT2D eigenvalue weighted by Gasteiger charge is -2.41. The molecule has 4 nitrogen and oxygen atoms in total. The predicted octanol–water partition coefficient (Wildman–Crippen LogP) is 15.2. The lowest BCUT2D eigenvalue weighted by Crippen LogP contribution is -2.60. The number of aromatic nitrogens is 1. The zero-order chi connectivity index (χ0) is 45.0. The van der Waals surface area contributed by atoms with E-state index in [0.717, 1.165) is 34.1 Å². The summed E-state index contributed by atoms with van der Waals surface area (Å²) in [6.45, 7) is 9.23. The minimum Gasteiger partial charge on any atom is -0.311 e. The van der Waals surface area contributed by atoms with Gasteiger partial charge >= 0.3 is 0 Å². The van der Waals surface area contributed by atoms with E-state index >= 15 is 0 Å². The van der Waals surface area contributed by atoms with Crippen LogP contribution in [-0.4, -0.2) is 11.3 Å². The minimum absolute atomic E-state index is 0.0250. The normalized spacial score (nSPS) is 12.7. The maximum atomic E-state index is 2.63. The van der Waals surface area contributed by atoms with Gasteiger partial charge in [0, 0.05) is 72.3 Å². The number of fused-ring (bicyclic) bond motifs is 9. The zero-order valence-corrected chi connectivity index (χ0v) is 38.8. The van der Waals surface area contributed by atoms with Crippen LogP contribution in [0.1, 0.15) is 31.9 Å². The molecule has 67 heavy (non-hydrogen) atoms. The van der Waals surface area contributed by atoms with Crippen molar-refractivity contribution < 1.29 is 0 Å². The van der Waals surface area contributed by atoms with E-state index < -0.39 is 0 Å². The average molecular weight is 879 g/mol. The summed E-state index contributed by atoms with van der Waals surface area (Å²) in [4.78, 5) is 7.32. The van der Waals surface area contributed by atoms with Crippen molar-refractivity contribution in [1.82, 2.24) is 4.57 Å². The summed E-state index contributed by atoms with van der Waals surface area (Å²) in [7, 11) is 0. The monoisotopic (exact) mass is 878 g/mol. The van der Waals surface area contributed by atoms with Gasteiger partial charge in [-0.15, -0.1) is 11.3 Å². The van der Waals surface area contributed by atoms with Crippen molar-refractivity contribution in [2.24, 2.45) is 0 Å². The molecule has 4 heterocycles. The van der Waals surface area contributed by atoms with Crippen LogP contribution >= 0.6 is 11.3 Å². The van der Waals surface area contributed by atoms with E-state index in [4.69, 9.17) is 0 Å². The first-order valence-electron chi connectivity index (χ1n) is 23.3. The second-order valence-electron chi connectivity index (χ2n) is 19.1. The highest BCUT2D eigenvalue weighted by Gasteiger charge is 2.43. The Morgan fingerprint density at radius 3 is 1.63 bits per heavy atom. The second kappa shape index (κ2) is 15.1. The molecule has 0 fully saturated rings. The van der Waals surface area contributed by atoms with Crippen LogP contribution in [-0.2, 0) is 5.41 Å². The molecule has 0 radical (unpaired) electrons. The standard InChI is InChI=1S/C61H47BN4S/c1-40-35-54-57-55(36-40)66-58-50(60-59(66)49-33-31-48(39-56(49)67-60)64(44-24-13-7-14-25-44)45-26-15-8-16-27-45)29-18-30-52(58)62(57)51-34-32-47(63(42-20-9-5-10-21-42)43-22-11-6-12-23-43)38-53(51)65(54)46-28-17-19-41(37-46)61(2,3)4/h5-39H,1-4H3. The van der Waals surface area contributed by atoms with Gasteiger partial charge in [-0.3, -0.25) is 0 Å². The van der Waals surface area contributed by atoms with Crippen LogP contribution in [0, 0.1) is 6.92 Å². The van der Waals surface area contributed by atoms with Crippen LogP contribution in [0.15, 0.2) is 212 Å². The van der Waals surface area contributed by atoms with Crippen LogP contribution < -0.4 is 31.1 Å². The molecular formula is C61H47BN4S. The molecule has 0 aliphatic carbocycles. The van der Waals surface area contributed by atoms with Gasteiger partial charge in [-0.25, -0.2) is 0 Å². The molecule has 0 N–H and O–H groups in total. The lowest BCUT2D eigenvalue weighted by molar-refractivity contribution is 0.590. The molecule has 0 spiro atoms. The fourth-order valence-corrected chi connectivity index (χ4v) is 12.2. The topological polar surface area (TPSA) is 14.7 Å². The smallest absolute Gasteiger partial charge is 0.252 e. The van der Waals surface area contributed by atoms with Crippen LogP contribution in [0.5, 0.6) is 0 Å². The van der Waals surface area contributed by atoms with E-state index in [-0.39, 0.29) is 12.1 Å². The van der Waals surface area contributed by atoms with Gasteiger partial charge in [-0.2, -0.15) is 0 Å². The third-order valence-corrected chi connectivity index (χ3v) is 15.1. The average Bonchev–Trinajstić information content (AvgIpc) is 3.89. The quantitative estimate of drug-likeness (QED) is 0.148. The van der Waals surface area contributed by atoms with Crippen molar-refractivity contribution >= 4 is 117 Å². The summed E-state index contributed by atoms with van der Waals surface area (Å²) in [6.07, 6.45) is 0. The Morgan fingerprint density at radius 1 is 0.448 bits per heavy atom. The number of aryl methyl sites for hydroxylation is 1. The molecule has 13 rings (SSSR count). The molecule has 2 aliphatic rings. The summed E-state index contributed by atoms with van der Waals surface area (Å²) in [5, 5.41) is 2.59. The predicted molar refractivity (Wildman–Crippen MR) is 288 cm³/mol. The van der Waals surface area contributed by atoms with Crippen molar-refractivity contribution in [2.75, 3.05) is 14.7 Å². The lowest BCUT2D eigenvalue weighted by atomic mass is 9.33. The Bertz CT molecular complexity index is 3630. The Hall–Kier alpha value is -7.80. The number of nitrogens with zero attached hydrogens (tertiary/aromatic N) is 4. The first-order valence-corrected chi connectivity index (χ1v) is 24.1. The van der Waals surface area contributed by atoms with Gasteiger partial charge in [0.05, 0.1) is 15.7 Å². The van der Waals surface area contributed by atoms with Gasteiger partial charge in [0.1, 0.15) is 0 Å². The molecule has 0 bridgehead atoms. The Morgan fingerprint density at radius 2 is 1.01 bits per heavy atom. The highest BCUT2D eigenvalue weighted by Crippen LogP contribution is 2.49. The van der Waals surface area contributed by atoms with Gasteiger partial charge in [0.2, 0.25) is 0 Å². The molecule has 9 aromatic carbocycles. The third-order valence-electron chi connectivity index (χ3n) is 13.9. The summed E-state index contributed by atoms with van der Waals surface area (Å²) in [5.74, 6) is 0. The van der Waals surface area contributed by atoms with Crippen molar-refractivity contribution in [3.05, 3.63) is 223 Å². The number of thiophene rings is 1. The Kier molecular flexibility index (Phi) is 8.93. The fourth-order valence-electron chi connectivity index (χ4n) is 10.9. The number of para-hydroxylation sites is 5. The van der Waals surface area contributed by atoms with E-state index in [0.29, 0.717) is 0 Å². The number of anilines is 9. The first kappa shape index (κ1) is 39.6. The van der Waals surface area contributed by atoms with Crippen molar-refractivity contribution in [1.29, 1.82) is 0 Å². The van der Waals surface area contributed by atoms with Gasteiger partial charge in [-0.1, -0.05) is 130 Å². The van der Waals surface area contributed by atoms with Gasteiger partial charge in [0.15, 0.2) is 0 Å². The Labute approximate surface area is 396 Å². The van der Waals surface area contributed by atoms with Crippen molar-refractivity contribution in [3.8, 4) is 5.69 Å². The van der Waals surface area contributed by atoms with Crippen LogP contribution in [0.25, 0.3) is 36.9 Å². The van der Waals surface area contributed by atoms with Gasteiger partial charge < -0.3 is 19.3 Å². The molecule has 0 saturated carbocycles. The molecule has 2 aliphatic heterocycles. The molecule has 320 valence electrons. The maximum absolute atomic E-state index is 2.63. The summed E-state index contributed by atoms with van der Waals surface area (Å²) < 4.78 is 5.23. The SMILES string of the molecule is Cc1cc2c3c(c1)-n1c4c(cccc4c4sc5cc(N(c6ccccc6)c6ccccc6)ccc5c41)B3c1ccc(N(c3ccccc3)c3ccccc3)cc1N2c1cccc(C(C)(C)C)c1. The van der Waals surface area contributed by atoms with E-state index in [2.05, 4.69) is 259 Å². The number of hydrogen-bond donors (Lipinski definition) is 0. The molecule has 2 aromatic heterocycles. The molecule has 0 saturated heterocycles. The van der Waals surface area contributed by atoms with E-state index in [1.165, 1.54) is 81.5 Å². The highest BCUT2D eigenvalue weighted by molar-refractivity contribution is 7.26. The Balaban J connectivity index is 1.07. The minimum atomic E-state index is -0.0250. The van der Waals surface area contributed by atoms with Crippen LogP contribution in [0.2, 0.25) is 0 Å². The summed E-state index contributed by atoms with van der Waals surface area (Å²) in [5.41, 5.74) is 20.8. The molecule has 0 atom stereocenters. The molecular weight excluding hydrogens is 832 g/mol. The van der Waals surface area contributed by atoms with E-state index in [1.54, 1.807) is 0 Å². The van der Waals surface area contributed by atoms with Gasteiger partial charge in [-0.05, 0) is 143 Å². The largest absolute Gasteiger partial charge is 0.311 e. The summed E-state index contributed by atoms with van der Waals surface area (Å²) in [6, 6.07) is 78.4. The number of rotatable bonds is 7. The highest BCUT2D eigenvalue weighted by atomic mass is 32.1. The maximum Gasteiger partial charge on any atom is 0.252 e. The van der Waals surface area contributed by atoms with Crippen LogP contribution in [0.3, 0.4) is 0 Å². The van der Waals surface area contributed by atoms with E-state index in [1.807, 2.05) is 11.3 Å². The molecule has 0 amide bonds. The number of hydrogen-bond acceptors (Lipinski definition) is 4. The third kappa shape index (κ3) is 6.20. The molecule has 6 heteroatoms. The van der Waals surface area contributed by atoms with E-state index in [9.17, 15) is 0 Å². The van der Waals surface area contributed by atoms with Gasteiger partial charge in [0.25, 0.3) is 6.71 Å². The zero-order valence-electron chi connectivity index (χ0n) is 38.0. The summed E-state index contributed by atoms with van der Waals surface area (Å²) >= 11 is 1.92. The second-order valence-corrected chi connectivity index (χ2v) is 20.1. The fraction of sp³-hybridized carbons (Fsp3) is 0.0820. The molecule has 11 aromatic rings. The number of benzene rings is 9. The first-order chi connectivity index (χ1) is 32.8. The van der Waals surface area contributed by atoms with Crippen molar-refractivity contribution in [2.45, 2.75) is 33.1 Å². The van der Waals surface area contributed by atoms with Crippen LogP contribution in [0.4, 0.5) is 51.2 Å². The molecule has 0 unspecified atom stereocenters. The van der Waals surface area contributed by atoms with Crippen molar-refractivity contribution in [3.63, 3.8) is 0 Å².